The molecule has 0 saturated heterocycles. The molecule has 1 unspecified atom stereocenters. The molecule has 1 atom stereocenters. The molecular formula is C11H22O. The second-order valence-electron chi connectivity index (χ2n) is 5.94. The van der Waals surface area contributed by atoms with Crippen LogP contribution < -0.4 is 0 Å². The zero-order chi connectivity index (χ0) is 9.62. The quantitative estimate of drug-likeness (QED) is 0.592. The Balaban J connectivity index is 2.82. The highest BCUT2D eigenvalue weighted by Gasteiger charge is 2.46. The maximum Gasteiger partial charge on any atom is 0.0625 e. The fourth-order valence-corrected chi connectivity index (χ4v) is 2.20. The van der Waals surface area contributed by atoms with E-state index in [4.69, 9.17) is 0 Å². The van der Waals surface area contributed by atoms with Gasteiger partial charge < -0.3 is 5.11 Å². The molecular weight excluding hydrogens is 148 g/mol. The van der Waals surface area contributed by atoms with Crippen LogP contribution in [0.4, 0.5) is 0 Å². The summed E-state index contributed by atoms with van der Waals surface area (Å²) in [5.74, 6) is 0. The van der Waals surface area contributed by atoms with E-state index in [0.29, 0.717) is 5.41 Å². The first-order valence-electron chi connectivity index (χ1n) is 4.89. The Bertz CT molecular complexity index is 177. The van der Waals surface area contributed by atoms with Crippen molar-refractivity contribution in [1.82, 2.24) is 0 Å². The molecule has 0 aromatic heterocycles. The van der Waals surface area contributed by atoms with Crippen molar-refractivity contribution in [2.24, 2.45) is 10.8 Å². The molecule has 1 heteroatoms. The zero-order valence-electron chi connectivity index (χ0n) is 9.07. The summed E-state index contributed by atoms with van der Waals surface area (Å²) in [4.78, 5) is 0. The minimum Gasteiger partial charge on any atom is -0.390 e. The predicted molar refractivity (Wildman–Crippen MR) is 52.0 cm³/mol. The third-order valence-corrected chi connectivity index (χ3v) is 3.94. The molecule has 0 aromatic carbocycles. The van der Waals surface area contributed by atoms with Crippen molar-refractivity contribution in [3.63, 3.8) is 0 Å². The number of hydrogen-bond donors (Lipinski definition) is 1. The van der Waals surface area contributed by atoms with Crippen molar-refractivity contribution in [1.29, 1.82) is 0 Å². The molecule has 1 nitrogen and oxygen atoms in total. The van der Waals surface area contributed by atoms with Crippen LogP contribution in [0.25, 0.3) is 0 Å². The lowest BCUT2D eigenvalue weighted by molar-refractivity contribution is -0.0839. The van der Waals surface area contributed by atoms with Crippen LogP contribution in [0, 0.1) is 10.8 Å². The van der Waals surface area contributed by atoms with E-state index in [0.717, 1.165) is 19.3 Å². The molecule has 1 fully saturated rings. The van der Waals surface area contributed by atoms with Gasteiger partial charge >= 0.3 is 0 Å². The molecule has 1 aliphatic carbocycles. The summed E-state index contributed by atoms with van der Waals surface area (Å²) in [5.41, 5.74) is 0.197. The van der Waals surface area contributed by atoms with Crippen LogP contribution in [-0.4, -0.2) is 10.7 Å². The van der Waals surface area contributed by atoms with Crippen LogP contribution in [0.5, 0.6) is 0 Å². The number of rotatable bonds is 0. The van der Waals surface area contributed by atoms with Crippen molar-refractivity contribution < 1.29 is 5.11 Å². The van der Waals surface area contributed by atoms with Crippen molar-refractivity contribution in [2.75, 3.05) is 0 Å². The lowest BCUT2D eigenvalue weighted by atomic mass is 9.56. The maximum absolute atomic E-state index is 9.94. The maximum atomic E-state index is 9.94. The molecule has 1 aliphatic rings. The number of aliphatic hydroxyl groups is 1. The van der Waals surface area contributed by atoms with Crippen LogP contribution in [0.15, 0.2) is 0 Å². The minimum atomic E-state index is -0.432. The van der Waals surface area contributed by atoms with E-state index in [2.05, 4.69) is 27.7 Å². The van der Waals surface area contributed by atoms with E-state index in [1.54, 1.807) is 0 Å². The fraction of sp³-hybridized carbons (Fsp3) is 1.00. The first-order chi connectivity index (χ1) is 5.16. The summed E-state index contributed by atoms with van der Waals surface area (Å²) < 4.78 is 0. The van der Waals surface area contributed by atoms with Gasteiger partial charge in [0.15, 0.2) is 0 Å². The van der Waals surface area contributed by atoms with Gasteiger partial charge in [-0.3, -0.25) is 0 Å². The van der Waals surface area contributed by atoms with E-state index in [1.165, 1.54) is 0 Å². The Hall–Kier alpha value is -0.0400. The monoisotopic (exact) mass is 170 g/mol. The second kappa shape index (κ2) is 2.47. The molecule has 1 rings (SSSR count). The van der Waals surface area contributed by atoms with E-state index >= 15 is 0 Å². The molecule has 0 amide bonds. The van der Waals surface area contributed by atoms with Gasteiger partial charge in [0, 0.05) is 0 Å². The van der Waals surface area contributed by atoms with Gasteiger partial charge in [-0.2, -0.15) is 0 Å². The Morgan fingerprint density at radius 1 is 0.833 bits per heavy atom. The van der Waals surface area contributed by atoms with Crippen molar-refractivity contribution in [2.45, 2.75) is 59.5 Å². The molecule has 0 heterocycles. The van der Waals surface area contributed by atoms with E-state index in [1.807, 2.05) is 6.92 Å². The lowest BCUT2D eigenvalue weighted by Gasteiger charge is -2.51. The summed E-state index contributed by atoms with van der Waals surface area (Å²) in [6.07, 6.45) is 3.00. The first-order valence-corrected chi connectivity index (χ1v) is 4.89. The van der Waals surface area contributed by atoms with Gasteiger partial charge in [-0.1, -0.05) is 27.7 Å². The van der Waals surface area contributed by atoms with Gasteiger partial charge in [0.05, 0.1) is 5.60 Å². The highest BCUT2D eigenvalue weighted by atomic mass is 16.3. The Morgan fingerprint density at radius 3 is 1.67 bits per heavy atom. The topological polar surface area (TPSA) is 20.2 Å². The molecule has 1 N–H and O–H groups in total. The first kappa shape index (κ1) is 10.0. The minimum absolute atomic E-state index is 0.259. The van der Waals surface area contributed by atoms with Gasteiger partial charge in [0.1, 0.15) is 0 Å². The highest BCUT2D eigenvalue weighted by molar-refractivity contribution is 4.97. The molecule has 72 valence electrons. The lowest BCUT2D eigenvalue weighted by Crippen LogP contribution is -2.46. The Kier molecular flexibility index (Phi) is 2.07. The van der Waals surface area contributed by atoms with Gasteiger partial charge in [0.2, 0.25) is 0 Å². The van der Waals surface area contributed by atoms with E-state index in [-0.39, 0.29) is 5.41 Å². The van der Waals surface area contributed by atoms with Gasteiger partial charge in [-0.25, -0.2) is 0 Å². The van der Waals surface area contributed by atoms with Crippen LogP contribution in [-0.2, 0) is 0 Å². The standard InChI is InChI=1S/C11H22O/c1-9(2)6-7-11(5,12)8-10(9,3)4/h12H,6-8H2,1-5H3. The average molecular weight is 170 g/mol. The molecule has 0 aliphatic heterocycles. The molecule has 0 radical (unpaired) electrons. The second-order valence-corrected chi connectivity index (χ2v) is 5.94. The predicted octanol–water partition coefficient (Wildman–Crippen LogP) is 2.97. The molecule has 12 heavy (non-hydrogen) atoms. The Morgan fingerprint density at radius 2 is 1.33 bits per heavy atom. The largest absolute Gasteiger partial charge is 0.390 e. The van der Waals surface area contributed by atoms with Crippen LogP contribution >= 0.6 is 0 Å². The van der Waals surface area contributed by atoms with E-state index < -0.39 is 5.60 Å². The van der Waals surface area contributed by atoms with Crippen LogP contribution in [0.3, 0.4) is 0 Å². The summed E-state index contributed by atoms with van der Waals surface area (Å²) >= 11 is 0. The van der Waals surface area contributed by atoms with Gasteiger partial charge in [0.25, 0.3) is 0 Å². The SMILES string of the molecule is CC1(O)CCC(C)(C)C(C)(C)C1. The van der Waals surface area contributed by atoms with Crippen molar-refractivity contribution in [3.8, 4) is 0 Å². The van der Waals surface area contributed by atoms with Crippen molar-refractivity contribution >= 4 is 0 Å². The highest BCUT2D eigenvalue weighted by Crippen LogP contribution is 2.52. The average Bonchev–Trinajstić information content (AvgIpc) is 1.79. The Labute approximate surface area is 76.2 Å². The van der Waals surface area contributed by atoms with Gasteiger partial charge in [-0.05, 0) is 37.0 Å². The van der Waals surface area contributed by atoms with Crippen molar-refractivity contribution in [3.05, 3.63) is 0 Å². The number of hydrogen-bond acceptors (Lipinski definition) is 1. The summed E-state index contributed by atoms with van der Waals surface area (Å²) in [5, 5.41) is 9.94. The fourth-order valence-electron chi connectivity index (χ4n) is 2.20. The summed E-state index contributed by atoms with van der Waals surface area (Å²) in [6.45, 7) is 11.1. The third kappa shape index (κ3) is 1.66. The smallest absolute Gasteiger partial charge is 0.0625 e. The normalized spacial score (nSPS) is 39.5. The molecule has 0 bridgehead atoms. The third-order valence-electron chi connectivity index (χ3n) is 3.94. The van der Waals surface area contributed by atoms with Crippen LogP contribution in [0.1, 0.15) is 53.9 Å². The van der Waals surface area contributed by atoms with Gasteiger partial charge in [-0.15, -0.1) is 0 Å². The van der Waals surface area contributed by atoms with Crippen LogP contribution in [0.2, 0.25) is 0 Å². The molecule has 1 saturated carbocycles. The molecule has 0 aromatic rings. The summed E-state index contributed by atoms with van der Waals surface area (Å²) in [6, 6.07) is 0. The molecule has 0 spiro atoms. The zero-order valence-corrected chi connectivity index (χ0v) is 9.07. The summed E-state index contributed by atoms with van der Waals surface area (Å²) in [7, 11) is 0. The van der Waals surface area contributed by atoms with E-state index in [9.17, 15) is 5.11 Å².